The van der Waals surface area contributed by atoms with E-state index in [2.05, 4.69) is 6.58 Å². The van der Waals surface area contributed by atoms with E-state index in [4.69, 9.17) is 14.2 Å². The normalized spacial score (nSPS) is 18.3. The Labute approximate surface area is 185 Å². The molecule has 0 aromatic heterocycles. The molecule has 0 bridgehead atoms. The van der Waals surface area contributed by atoms with Gasteiger partial charge in [0, 0.05) is 22.6 Å². The Morgan fingerprint density at radius 3 is 2.12 bits per heavy atom. The van der Waals surface area contributed by atoms with Crippen LogP contribution in [0, 0.1) is 23.4 Å². The first-order valence-corrected chi connectivity index (χ1v) is 10.4. The van der Waals surface area contributed by atoms with Crippen LogP contribution in [0.1, 0.15) is 11.9 Å². The van der Waals surface area contributed by atoms with Gasteiger partial charge in [-0.25, -0.2) is 8.78 Å². The van der Waals surface area contributed by atoms with Crippen LogP contribution in [-0.2, 0) is 9.47 Å². The number of rotatable bonds is 6. The summed E-state index contributed by atoms with van der Waals surface area (Å²) in [6, 6.07) is 14.3. The van der Waals surface area contributed by atoms with Gasteiger partial charge in [0.2, 0.25) is 5.82 Å². The molecule has 1 aliphatic heterocycles. The zero-order valence-electron chi connectivity index (χ0n) is 17.6. The lowest BCUT2D eigenvalue weighted by Crippen LogP contribution is -2.25. The summed E-state index contributed by atoms with van der Waals surface area (Å²) in [5, 5.41) is 0. The van der Waals surface area contributed by atoms with Crippen molar-refractivity contribution in [2.75, 3.05) is 19.7 Å². The van der Waals surface area contributed by atoms with Gasteiger partial charge in [-0.3, -0.25) is 0 Å². The summed E-state index contributed by atoms with van der Waals surface area (Å²) >= 11 is 0. The molecule has 0 N–H and O–H groups in total. The fourth-order valence-electron chi connectivity index (χ4n) is 3.61. The van der Waals surface area contributed by atoms with Crippen LogP contribution < -0.4 is 4.74 Å². The van der Waals surface area contributed by atoms with Crippen molar-refractivity contribution in [2.24, 2.45) is 5.92 Å². The third kappa shape index (κ3) is 4.45. The van der Waals surface area contributed by atoms with E-state index < -0.39 is 23.7 Å². The van der Waals surface area contributed by atoms with Gasteiger partial charge in [0.15, 0.2) is 25.7 Å². The number of benzene rings is 3. The van der Waals surface area contributed by atoms with Crippen molar-refractivity contribution in [3.05, 3.63) is 90.3 Å². The maximum Gasteiger partial charge on any atom is 0.201 e. The highest BCUT2D eigenvalue weighted by Crippen LogP contribution is 2.33. The summed E-state index contributed by atoms with van der Waals surface area (Å²) in [5.41, 5.74) is 2.18. The molecule has 164 valence electrons. The third-order valence-electron chi connectivity index (χ3n) is 5.38. The standard InChI is InChI=1S/C25H22BF3O3/c1-2-15-12-30-25(31-13-15)18-7-8-19(21(27)11-18)16-3-5-17(6-4-16)20-9-10-22(32-14-26)24(29)23(20)28/h2-11,15,25H,1,12-14,26H2. The fraction of sp³-hybridized carbons (Fsp3) is 0.200. The molecule has 0 amide bonds. The minimum atomic E-state index is -1.03. The highest BCUT2D eigenvalue weighted by atomic mass is 19.2. The van der Waals surface area contributed by atoms with Gasteiger partial charge in [0.25, 0.3) is 0 Å². The lowest BCUT2D eigenvalue weighted by Gasteiger charge is -2.28. The maximum atomic E-state index is 14.8. The van der Waals surface area contributed by atoms with E-state index in [-0.39, 0.29) is 23.7 Å². The van der Waals surface area contributed by atoms with Gasteiger partial charge in [-0.1, -0.05) is 42.5 Å². The lowest BCUT2D eigenvalue weighted by atomic mass is 9.98. The summed E-state index contributed by atoms with van der Waals surface area (Å²) in [5.74, 6) is -2.43. The van der Waals surface area contributed by atoms with Crippen LogP contribution in [0.2, 0.25) is 0 Å². The Balaban J connectivity index is 1.55. The molecule has 0 atom stereocenters. The minimum absolute atomic E-state index is 0.109. The topological polar surface area (TPSA) is 27.7 Å². The fourth-order valence-corrected chi connectivity index (χ4v) is 3.61. The van der Waals surface area contributed by atoms with Crippen LogP contribution >= 0.6 is 0 Å². The lowest BCUT2D eigenvalue weighted by molar-refractivity contribution is -0.197. The monoisotopic (exact) mass is 438 g/mol. The molecule has 7 heteroatoms. The average molecular weight is 438 g/mol. The van der Waals surface area contributed by atoms with Crippen molar-refractivity contribution in [1.82, 2.24) is 0 Å². The second-order valence-electron chi connectivity index (χ2n) is 7.48. The van der Waals surface area contributed by atoms with Crippen molar-refractivity contribution in [3.63, 3.8) is 0 Å². The van der Waals surface area contributed by atoms with Crippen molar-refractivity contribution in [2.45, 2.75) is 6.29 Å². The molecule has 1 aliphatic rings. The van der Waals surface area contributed by atoms with E-state index in [1.165, 1.54) is 18.2 Å². The Kier molecular flexibility index (Phi) is 6.67. The van der Waals surface area contributed by atoms with E-state index >= 15 is 0 Å². The molecule has 4 rings (SSSR count). The number of halogens is 3. The van der Waals surface area contributed by atoms with E-state index in [1.54, 1.807) is 50.3 Å². The first-order chi connectivity index (χ1) is 15.5. The van der Waals surface area contributed by atoms with Gasteiger partial charge in [-0.2, -0.15) is 4.39 Å². The molecule has 0 aliphatic carbocycles. The van der Waals surface area contributed by atoms with Crippen LogP contribution in [-0.4, -0.2) is 27.6 Å². The van der Waals surface area contributed by atoms with Crippen LogP contribution in [0.5, 0.6) is 5.75 Å². The number of ether oxygens (including phenoxy) is 3. The SMILES string of the molecule is BCOc1ccc(-c2ccc(-c3ccc(C4OCC(C=C)CO4)cc3F)cc2)c(F)c1F. The second kappa shape index (κ2) is 9.63. The third-order valence-corrected chi connectivity index (χ3v) is 5.38. The molecular weight excluding hydrogens is 416 g/mol. The highest BCUT2D eigenvalue weighted by Gasteiger charge is 2.23. The number of hydrogen-bond acceptors (Lipinski definition) is 3. The predicted molar refractivity (Wildman–Crippen MR) is 120 cm³/mol. The molecule has 32 heavy (non-hydrogen) atoms. The Hall–Kier alpha value is -3.03. The second-order valence-corrected chi connectivity index (χ2v) is 7.48. The first kappa shape index (κ1) is 22.2. The van der Waals surface area contributed by atoms with Crippen molar-refractivity contribution >= 4 is 7.85 Å². The van der Waals surface area contributed by atoms with Crippen LogP contribution in [0.3, 0.4) is 0 Å². The van der Waals surface area contributed by atoms with E-state index in [9.17, 15) is 13.2 Å². The Morgan fingerprint density at radius 2 is 1.53 bits per heavy atom. The quantitative estimate of drug-likeness (QED) is 0.389. The molecule has 3 aromatic carbocycles. The van der Waals surface area contributed by atoms with E-state index in [0.717, 1.165) is 0 Å². The van der Waals surface area contributed by atoms with Crippen LogP contribution in [0.4, 0.5) is 13.2 Å². The number of hydrogen-bond donors (Lipinski definition) is 0. The Morgan fingerprint density at radius 1 is 0.906 bits per heavy atom. The van der Waals surface area contributed by atoms with Crippen molar-refractivity contribution in [3.8, 4) is 28.0 Å². The molecular formula is C25H22BF3O3. The molecule has 0 spiro atoms. The van der Waals surface area contributed by atoms with Gasteiger partial charge in [0.1, 0.15) is 5.82 Å². The van der Waals surface area contributed by atoms with E-state index in [0.29, 0.717) is 35.5 Å². The maximum absolute atomic E-state index is 14.8. The molecule has 0 radical (unpaired) electrons. The molecule has 3 nitrogen and oxygen atoms in total. The predicted octanol–water partition coefficient (Wildman–Crippen LogP) is 5.25. The Bertz CT molecular complexity index is 1110. The van der Waals surface area contributed by atoms with Crippen molar-refractivity contribution < 1.29 is 27.4 Å². The summed E-state index contributed by atoms with van der Waals surface area (Å²) in [4.78, 5) is 0. The first-order valence-electron chi connectivity index (χ1n) is 10.4. The zero-order valence-corrected chi connectivity index (χ0v) is 17.6. The molecule has 1 saturated heterocycles. The molecule has 3 aromatic rings. The van der Waals surface area contributed by atoms with Gasteiger partial charge < -0.3 is 14.2 Å². The van der Waals surface area contributed by atoms with Crippen LogP contribution in [0.25, 0.3) is 22.3 Å². The van der Waals surface area contributed by atoms with Gasteiger partial charge in [-0.15, -0.1) is 6.58 Å². The zero-order chi connectivity index (χ0) is 22.7. The summed E-state index contributed by atoms with van der Waals surface area (Å²) in [7, 11) is 1.70. The van der Waals surface area contributed by atoms with Crippen molar-refractivity contribution in [1.29, 1.82) is 0 Å². The average Bonchev–Trinajstić information content (AvgIpc) is 2.82. The summed E-state index contributed by atoms with van der Waals surface area (Å²) < 4.78 is 59.9. The molecule has 0 saturated carbocycles. The largest absolute Gasteiger partial charge is 0.500 e. The van der Waals surface area contributed by atoms with E-state index in [1.807, 2.05) is 0 Å². The van der Waals surface area contributed by atoms with Gasteiger partial charge in [-0.05, 0) is 29.3 Å². The molecule has 1 heterocycles. The summed E-state index contributed by atoms with van der Waals surface area (Å²) in [6.45, 7) is 4.91. The smallest absolute Gasteiger partial charge is 0.201 e. The van der Waals surface area contributed by atoms with Gasteiger partial charge in [0.05, 0.1) is 19.7 Å². The molecule has 1 fully saturated rings. The minimum Gasteiger partial charge on any atom is -0.500 e. The summed E-state index contributed by atoms with van der Waals surface area (Å²) in [6.07, 6.45) is 1.16. The highest BCUT2D eigenvalue weighted by molar-refractivity contribution is 6.08. The van der Waals surface area contributed by atoms with Gasteiger partial charge >= 0.3 is 0 Å². The van der Waals surface area contributed by atoms with Crippen LogP contribution in [0.15, 0.2) is 67.3 Å². The molecule has 0 unspecified atom stereocenters.